The molecule has 2 aliphatic heterocycles. The van der Waals surface area contributed by atoms with Gasteiger partial charge in [0, 0.05) is 48.8 Å². The monoisotopic (exact) mass is 550 g/mol. The van der Waals surface area contributed by atoms with Crippen LogP contribution in [0.2, 0.25) is 5.02 Å². The SMILES string of the molecule is C=CCN(C(=O)Nc1ccc(Cl)cc1)C1CCN([C@H]2CN(C(=O)C3CCCC3)C[C@]2(O)c2ccccc2)CC1. The molecule has 2 aromatic carbocycles. The molecule has 0 radical (unpaired) electrons. The molecule has 0 spiro atoms. The van der Waals surface area contributed by atoms with Crippen LogP contribution in [0.3, 0.4) is 0 Å². The molecule has 2 heterocycles. The van der Waals surface area contributed by atoms with Crippen molar-refractivity contribution < 1.29 is 14.7 Å². The van der Waals surface area contributed by atoms with Crippen molar-refractivity contribution in [3.05, 3.63) is 77.8 Å². The van der Waals surface area contributed by atoms with E-state index >= 15 is 0 Å². The Balaban J connectivity index is 1.28. The van der Waals surface area contributed by atoms with Gasteiger partial charge in [-0.25, -0.2) is 4.79 Å². The normalized spacial score (nSPS) is 24.6. The number of likely N-dealkylation sites (tertiary alicyclic amines) is 2. The highest BCUT2D eigenvalue weighted by molar-refractivity contribution is 6.30. The van der Waals surface area contributed by atoms with Crippen molar-refractivity contribution in [2.45, 2.75) is 56.2 Å². The molecule has 2 N–H and O–H groups in total. The van der Waals surface area contributed by atoms with Crippen LogP contribution in [0, 0.1) is 5.92 Å². The number of nitrogens with one attached hydrogen (secondary N) is 1. The molecule has 1 saturated carbocycles. The number of benzene rings is 2. The average molecular weight is 551 g/mol. The summed E-state index contributed by atoms with van der Waals surface area (Å²) in [5, 5.41) is 15.7. The molecule has 2 aromatic rings. The zero-order valence-corrected chi connectivity index (χ0v) is 23.2. The Labute approximate surface area is 236 Å². The first kappa shape index (κ1) is 27.7. The van der Waals surface area contributed by atoms with Gasteiger partial charge in [0.2, 0.25) is 5.91 Å². The molecular formula is C31H39ClN4O3. The molecule has 8 heteroatoms. The van der Waals surface area contributed by atoms with E-state index in [1.54, 1.807) is 30.3 Å². The standard InChI is InChI=1S/C31H39ClN4O3/c1-2-18-36(30(38)33-26-14-12-25(32)13-15-26)27-16-19-34(20-17-27)28-21-35(29(37)23-8-6-7-9-23)22-31(28,39)24-10-4-3-5-11-24/h2-5,10-15,23,27-28,39H,1,6-9,16-22H2,(H,33,38)/t28-,31-/m0/s1. The first-order chi connectivity index (χ1) is 18.9. The van der Waals surface area contributed by atoms with Crippen molar-refractivity contribution >= 4 is 29.2 Å². The quantitative estimate of drug-likeness (QED) is 0.470. The minimum absolute atomic E-state index is 0.0500. The van der Waals surface area contributed by atoms with Gasteiger partial charge in [0.1, 0.15) is 5.60 Å². The second-order valence-electron chi connectivity index (χ2n) is 11.2. The Kier molecular flexibility index (Phi) is 8.60. The summed E-state index contributed by atoms with van der Waals surface area (Å²) in [5.41, 5.74) is 0.422. The van der Waals surface area contributed by atoms with Crippen LogP contribution >= 0.6 is 11.6 Å². The van der Waals surface area contributed by atoms with Crippen molar-refractivity contribution in [2.75, 3.05) is 38.0 Å². The summed E-state index contributed by atoms with van der Waals surface area (Å²) in [6, 6.07) is 16.6. The van der Waals surface area contributed by atoms with Gasteiger partial charge in [-0.05, 0) is 55.5 Å². The molecule has 208 valence electrons. The van der Waals surface area contributed by atoms with Crippen LogP contribution in [0.15, 0.2) is 67.3 Å². The maximum atomic E-state index is 13.4. The molecule has 3 fully saturated rings. The Bertz CT molecular complexity index is 1150. The number of halogens is 1. The van der Waals surface area contributed by atoms with Crippen LogP contribution in [0.25, 0.3) is 0 Å². The van der Waals surface area contributed by atoms with Gasteiger partial charge in [0.05, 0.1) is 12.6 Å². The van der Waals surface area contributed by atoms with Crippen LogP contribution in [0.4, 0.5) is 10.5 Å². The first-order valence-corrected chi connectivity index (χ1v) is 14.5. The highest BCUT2D eigenvalue weighted by Crippen LogP contribution is 2.39. The number of carbonyl (C=O) groups excluding carboxylic acids is 2. The van der Waals surface area contributed by atoms with Gasteiger partial charge in [0.25, 0.3) is 0 Å². The third kappa shape index (κ3) is 6.01. The van der Waals surface area contributed by atoms with Crippen molar-refractivity contribution in [3.63, 3.8) is 0 Å². The molecule has 2 saturated heterocycles. The number of nitrogens with zero attached hydrogens (tertiary/aromatic N) is 3. The topological polar surface area (TPSA) is 76.1 Å². The number of anilines is 1. The van der Waals surface area contributed by atoms with Crippen molar-refractivity contribution in [1.82, 2.24) is 14.7 Å². The lowest BCUT2D eigenvalue weighted by Crippen LogP contribution is -2.56. The van der Waals surface area contributed by atoms with Gasteiger partial charge in [-0.2, -0.15) is 0 Å². The van der Waals surface area contributed by atoms with Gasteiger partial charge >= 0.3 is 6.03 Å². The fraction of sp³-hybridized carbons (Fsp3) is 0.484. The molecule has 5 rings (SSSR count). The summed E-state index contributed by atoms with van der Waals surface area (Å²) in [4.78, 5) is 32.6. The first-order valence-electron chi connectivity index (χ1n) is 14.1. The number of urea groups is 1. The predicted octanol–water partition coefficient (Wildman–Crippen LogP) is 5.11. The molecule has 3 aliphatic rings. The van der Waals surface area contributed by atoms with E-state index in [-0.39, 0.29) is 29.9 Å². The fourth-order valence-corrected chi connectivity index (χ4v) is 6.75. The average Bonchev–Trinajstić information content (AvgIpc) is 3.62. The molecule has 39 heavy (non-hydrogen) atoms. The van der Waals surface area contributed by atoms with Crippen LogP contribution in [0.1, 0.15) is 44.1 Å². The molecular weight excluding hydrogens is 512 g/mol. The Morgan fingerprint density at radius 1 is 1.05 bits per heavy atom. The molecule has 0 unspecified atom stereocenters. The number of hydrogen-bond acceptors (Lipinski definition) is 4. The zero-order chi connectivity index (χ0) is 27.4. The molecule has 2 atom stereocenters. The molecule has 7 nitrogen and oxygen atoms in total. The summed E-state index contributed by atoms with van der Waals surface area (Å²) in [6.45, 7) is 6.63. The maximum Gasteiger partial charge on any atom is 0.322 e. The summed E-state index contributed by atoms with van der Waals surface area (Å²) in [7, 11) is 0. The lowest BCUT2D eigenvalue weighted by atomic mass is 9.86. The highest BCUT2D eigenvalue weighted by atomic mass is 35.5. The van der Waals surface area contributed by atoms with Crippen LogP contribution < -0.4 is 5.32 Å². The number of aliphatic hydroxyl groups is 1. The zero-order valence-electron chi connectivity index (χ0n) is 22.5. The second kappa shape index (κ2) is 12.1. The smallest absolute Gasteiger partial charge is 0.322 e. The van der Waals surface area contributed by atoms with Crippen molar-refractivity contribution in [1.29, 1.82) is 0 Å². The number of carbonyl (C=O) groups is 2. The van der Waals surface area contributed by atoms with E-state index in [4.69, 9.17) is 11.6 Å². The summed E-state index contributed by atoms with van der Waals surface area (Å²) < 4.78 is 0. The molecule has 0 bridgehead atoms. The van der Waals surface area contributed by atoms with E-state index in [9.17, 15) is 14.7 Å². The minimum atomic E-state index is -1.13. The number of hydrogen-bond donors (Lipinski definition) is 2. The van der Waals surface area contributed by atoms with Crippen LogP contribution in [0.5, 0.6) is 0 Å². The van der Waals surface area contributed by atoms with Crippen molar-refractivity contribution in [2.24, 2.45) is 5.92 Å². The Morgan fingerprint density at radius 2 is 1.72 bits per heavy atom. The third-order valence-electron chi connectivity index (χ3n) is 8.73. The number of rotatable bonds is 7. The lowest BCUT2D eigenvalue weighted by Gasteiger charge is -2.43. The van der Waals surface area contributed by atoms with Crippen molar-refractivity contribution in [3.8, 4) is 0 Å². The van der Waals surface area contributed by atoms with Gasteiger partial charge in [0.15, 0.2) is 0 Å². The molecule has 0 aromatic heterocycles. The van der Waals surface area contributed by atoms with E-state index in [1.165, 1.54) is 0 Å². The van der Waals surface area contributed by atoms with Gasteiger partial charge in [-0.1, -0.05) is 60.9 Å². The van der Waals surface area contributed by atoms with E-state index in [0.29, 0.717) is 30.3 Å². The molecule has 1 aliphatic carbocycles. The number of β-amino-alcohol motifs (C(OH)–C–C–N with tert-alkyl or cyclic N) is 1. The summed E-state index contributed by atoms with van der Waals surface area (Å²) in [5.74, 6) is 0.274. The van der Waals surface area contributed by atoms with Crippen LogP contribution in [-0.4, -0.2) is 76.6 Å². The van der Waals surface area contributed by atoms with E-state index < -0.39 is 5.60 Å². The van der Waals surface area contributed by atoms with E-state index in [2.05, 4.69) is 16.8 Å². The molecule has 3 amide bonds. The van der Waals surface area contributed by atoms with E-state index in [1.807, 2.05) is 40.1 Å². The fourth-order valence-electron chi connectivity index (χ4n) is 6.62. The summed E-state index contributed by atoms with van der Waals surface area (Å²) >= 11 is 5.99. The number of piperidine rings is 1. The second-order valence-corrected chi connectivity index (χ2v) is 11.6. The maximum absolute atomic E-state index is 13.4. The predicted molar refractivity (Wildman–Crippen MR) is 155 cm³/mol. The third-order valence-corrected chi connectivity index (χ3v) is 8.98. The Morgan fingerprint density at radius 3 is 2.36 bits per heavy atom. The Hall–Kier alpha value is -2.87. The number of amides is 3. The van der Waals surface area contributed by atoms with Gasteiger partial charge in [-0.3, -0.25) is 9.69 Å². The van der Waals surface area contributed by atoms with Crippen LogP contribution in [-0.2, 0) is 10.4 Å². The summed E-state index contributed by atoms with van der Waals surface area (Å²) in [6.07, 6.45) is 7.43. The van der Waals surface area contributed by atoms with Gasteiger partial charge < -0.3 is 20.2 Å². The highest BCUT2D eigenvalue weighted by Gasteiger charge is 2.51. The lowest BCUT2D eigenvalue weighted by molar-refractivity contribution is -0.135. The van der Waals surface area contributed by atoms with E-state index in [0.717, 1.165) is 57.2 Å². The minimum Gasteiger partial charge on any atom is -0.382 e. The largest absolute Gasteiger partial charge is 0.382 e. The van der Waals surface area contributed by atoms with Gasteiger partial charge in [-0.15, -0.1) is 6.58 Å².